The highest BCUT2D eigenvalue weighted by Gasteiger charge is 2.16. The van der Waals surface area contributed by atoms with Crippen molar-refractivity contribution in [3.63, 3.8) is 0 Å². The van der Waals surface area contributed by atoms with Gasteiger partial charge in [-0.25, -0.2) is 14.2 Å². The van der Waals surface area contributed by atoms with Crippen LogP contribution in [0, 0.1) is 5.82 Å². The first-order chi connectivity index (χ1) is 12.3. The maximum absolute atomic E-state index is 13.7. The molecular formula is C20H22FN3O2. The van der Waals surface area contributed by atoms with E-state index in [0.29, 0.717) is 18.7 Å². The molecule has 2 aromatic heterocycles. The zero-order valence-electron chi connectivity index (χ0n) is 15.1. The van der Waals surface area contributed by atoms with Crippen LogP contribution in [0.15, 0.2) is 48.7 Å². The van der Waals surface area contributed by atoms with E-state index in [-0.39, 0.29) is 5.82 Å². The predicted octanol–water partition coefficient (Wildman–Crippen LogP) is 4.23. The molecule has 0 aliphatic heterocycles. The number of halogens is 1. The predicted molar refractivity (Wildman–Crippen MR) is 99.0 cm³/mol. The lowest BCUT2D eigenvalue weighted by Crippen LogP contribution is -2.33. The van der Waals surface area contributed by atoms with E-state index in [1.807, 2.05) is 49.6 Å². The van der Waals surface area contributed by atoms with E-state index in [2.05, 4.69) is 10.3 Å². The average Bonchev–Trinajstić information content (AvgIpc) is 2.91. The molecule has 6 heteroatoms. The molecule has 1 aromatic carbocycles. The third kappa shape index (κ3) is 4.20. The Bertz CT molecular complexity index is 928. The number of amides is 1. The van der Waals surface area contributed by atoms with E-state index < -0.39 is 11.7 Å². The second-order valence-corrected chi connectivity index (χ2v) is 7.05. The number of benzene rings is 1. The fourth-order valence-electron chi connectivity index (χ4n) is 2.78. The zero-order valence-corrected chi connectivity index (χ0v) is 15.1. The van der Waals surface area contributed by atoms with Crippen molar-refractivity contribution in [2.24, 2.45) is 0 Å². The van der Waals surface area contributed by atoms with Crippen LogP contribution in [0.3, 0.4) is 0 Å². The number of aromatic nitrogens is 2. The Balaban J connectivity index is 1.84. The van der Waals surface area contributed by atoms with Crippen LogP contribution >= 0.6 is 0 Å². The van der Waals surface area contributed by atoms with E-state index >= 15 is 0 Å². The largest absolute Gasteiger partial charge is 0.444 e. The van der Waals surface area contributed by atoms with Crippen LogP contribution < -0.4 is 5.32 Å². The smallest absolute Gasteiger partial charge is 0.407 e. The first-order valence-electron chi connectivity index (χ1n) is 8.52. The Hall–Kier alpha value is -2.89. The van der Waals surface area contributed by atoms with Crippen molar-refractivity contribution in [2.45, 2.75) is 32.8 Å². The molecule has 0 unspecified atom stereocenters. The highest BCUT2D eigenvalue weighted by Crippen LogP contribution is 2.23. The van der Waals surface area contributed by atoms with Crippen molar-refractivity contribution in [3.8, 4) is 5.69 Å². The van der Waals surface area contributed by atoms with E-state index in [0.717, 1.165) is 16.7 Å². The summed E-state index contributed by atoms with van der Waals surface area (Å²) < 4.78 is 20.9. The van der Waals surface area contributed by atoms with E-state index in [1.54, 1.807) is 12.3 Å². The number of ether oxygens (including phenoxy) is 1. The average molecular weight is 355 g/mol. The molecule has 26 heavy (non-hydrogen) atoms. The molecule has 0 aliphatic carbocycles. The summed E-state index contributed by atoms with van der Waals surface area (Å²) in [4.78, 5) is 16.2. The molecule has 0 bridgehead atoms. The number of carbonyl (C=O) groups is 1. The SMILES string of the molecule is CC(C)(C)OC(=O)NCCc1cc2cccnc2n1-c1cccc(F)c1. The number of hydrogen-bond donors (Lipinski definition) is 1. The Kier molecular flexibility index (Phi) is 4.93. The third-order valence-corrected chi connectivity index (χ3v) is 3.75. The minimum Gasteiger partial charge on any atom is -0.444 e. The summed E-state index contributed by atoms with van der Waals surface area (Å²) >= 11 is 0. The second-order valence-electron chi connectivity index (χ2n) is 7.05. The van der Waals surface area contributed by atoms with Gasteiger partial charge in [0.1, 0.15) is 17.1 Å². The lowest BCUT2D eigenvalue weighted by atomic mass is 10.2. The minimum atomic E-state index is -0.537. The number of fused-ring (bicyclic) bond motifs is 1. The summed E-state index contributed by atoms with van der Waals surface area (Å²) in [5, 5.41) is 3.72. The number of alkyl carbamates (subject to hydrolysis) is 1. The Morgan fingerprint density at radius 3 is 2.77 bits per heavy atom. The summed E-state index contributed by atoms with van der Waals surface area (Å²) in [7, 11) is 0. The van der Waals surface area contributed by atoms with Gasteiger partial charge in [0.05, 0.1) is 5.69 Å². The van der Waals surface area contributed by atoms with Gasteiger partial charge in [-0.15, -0.1) is 0 Å². The van der Waals surface area contributed by atoms with Crippen molar-refractivity contribution in [1.82, 2.24) is 14.9 Å². The van der Waals surface area contributed by atoms with Gasteiger partial charge in [0, 0.05) is 30.2 Å². The number of hydrogen-bond acceptors (Lipinski definition) is 3. The zero-order chi connectivity index (χ0) is 18.7. The van der Waals surface area contributed by atoms with Gasteiger partial charge in [0.2, 0.25) is 0 Å². The molecule has 0 aliphatic rings. The van der Waals surface area contributed by atoms with Gasteiger partial charge in [0.15, 0.2) is 0 Å². The summed E-state index contributed by atoms with van der Waals surface area (Å²) in [5.41, 5.74) is 1.85. The number of rotatable bonds is 4. The van der Waals surface area contributed by atoms with E-state index in [4.69, 9.17) is 4.74 Å². The highest BCUT2D eigenvalue weighted by molar-refractivity contribution is 5.79. The van der Waals surface area contributed by atoms with Crippen molar-refractivity contribution >= 4 is 17.1 Å². The highest BCUT2D eigenvalue weighted by atomic mass is 19.1. The molecular weight excluding hydrogens is 333 g/mol. The normalized spacial score (nSPS) is 11.5. The van der Waals surface area contributed by atoms with Crippen LogP contribution in [0.4, 0.5) is 9.18 Å². The van der Waals surface area contributed by atoms with Crippen LogP contribution in [0.5, 0.6) is 0 Å². The molecule has 3 aromatic rings. The molecule has 0 saturated carbocycles. The lowest BCUT2D eigenvalue weighted by molar-refractivity contribution is 0.0528. The van der Waals surface area contributed by atoms with Crippen molar-refractivity contribution in [3.05, 3.63) is 60.2 Å². The van der Waals surface area contributed by atoms with Gasteiger partial charge < -0.3 is 10.1 Å². The molecule has 3 rings (SSSR count). The van der Waals surface area contributed by atoms with Gasteiger partial charge in [-0.3, -0.25) is 4.57 Å². The number of nitrogens with one attached hydrogen (secondary N) is 1. The first-order valence-corrected chi connectivity index (χ1v) is 8.52. The standard InChI is InChI=1S/C20H22FN3O2/c1-20(2,3)26-19(25)23-11-9-17-12-14-6-5-10-22-18(14)24(17)16-8-4-7-15(21)13-16/h4-8,10,12-13H,9,11H2,1-3H3,(H,23,25). The minimum absolute atomic E-state index is 0.307. The topological polar surface area (TPSA) is 56.1 Å². The second kappa shape index (κ2) is 7.15. The molecule has 5 nitrogen and oxygen atoms in total. The molecule has 136 valence electrons. The van der Waals surface area contributed by atoms with Crippen LogP contribution in [0.25, 0.3) is 16.7 Å². The molecule has 0 spiro atoms. The summed E-state index contributed by atoms with van der Waals surface area (Å²) in [6.07, 6.45) is 1.82. The Labute approximate surface area is 151 Å². The van der Waals surface area contributed by atoms with Crippen molar-refractivity contribution < 1.29 is 13.9 Å². The fraction of sp³-hybridized carbons (Fsp3) is 0.300. The van der Waals surface area contributed by atoms with Crippen LogP contribution in [0.1, 0.15) is 26.5 Å². The van der Waals surface area contributed by atoms with Gasteiger partial charge in [-0.05, 0) is 57.2 Å². The van der Waals surface area contributed by atoms with Crippen LogP contribution in [-0.4, -0.2) is 27.8 Å². The maximum atomic E-state index is 13.7. The molecule has 0 radical (unpaired) electrons. The number of carbonyl (C=O) groups excluding carboxylic acids is 1. The van der Waals surface area contributed by atoms with E-state index in [1.165, 1.54) is 12.1 Å². The van der Waals surface area contributed by atoms with Crippen molar-refractivity contribution in [2.75, 3.05) is 6.54 Å². The number of nitrogens with zero attached hydrogens (tertiary/aromatic N) is 2. The molecule has 1 N–H and O–H groups in total. The Morgan fingerprint density at radius 1 is 1.23 bits per heavy atom. The van der Waals surface area contributed by atoms with Gasteiger partial charge >= 0.3 is 6.09 Å². The van der Waals surface area contributed by atoms with E-state index in [9.17, 15) is 9.18 Å². The summed E-state index contributed by atoms with van der Waals surface area (Å²) in [6.45, 7) is 5.86. The van der Waals surface area contributed by atoms with Gasteiger partial charge in [-0.1, -0.05) is 6.07 Å². The summed E-state index contributed by atoms with van der Waals surface area (Å²) in [6, 6.07) is 12.2. The van der Waals surface area contributed by atoms with Crippen LogP contribution in [0.2, 0.25) is 0 Å². The quantitative estimate of drug-likeness (QED) is 0.762. The fourth-order valence-corrected chi connectivity index (χ4v) is 2.78. The third-order valence-electron chi connectivity index (χ3n) is 3.75. The Morgan fingerprint density at radius 2 is 2.04 bits per heavy atom. The molecule has 0 atom stereocenters. The van der Waals surface area contributed by atoms with Gasteiger partial charge in [-0.2, -0.15) is 0 Å². The lowest BCUT2D eigenvalue weighted by Gasteiger charge is -2.19. The molecule has 2 heterocycles. The molecule has 1 amide bonds. The van der Waals surface area contributed by atoms with Crippen molar-refractivity contribution in [1.29, 1.82) is 0 Å². The van der Waals surface area contributed by atoms with Gasteiger partial charge in [0.25, 0.3) is 0 Å². The first kappa shape index (κ1) is 17.9. The number of pyridine rings is 1. The van der Waals surface area contributed by atoms with Crippen LogP contribution in [-0.2, 0) is 11.2 Å². The maximum Gasteiger partial charge on any atom is 0.407 e. The molecule has 0 fully saturated rings. The molecule has 0 saturated heterocycles. The summed E-state index contributed by atoms with van der Waals surface area (Å²) in [5.74, 6) is -0.307. The monoisotopic (exact) mass is 355 g/mol.